The average molecular weight is 391 g/mol. The molecule has 1 aromatic carbocycles. The van der Waals surface area contributed by atoms with Crippen molar-refractivity contribution in [3.8, 4) is 5.75 Å². The number of hydrogen-bond donors (Lipinski definition) is 1. The van der Waals surface area contributed by atoms with Crippen molar-refractivity contribution < 1.29 is 4.74 Å². The van der Waals surface area contributed by atoms with Gasteiger partial charge >= 0.3 is 0 Å². The minimum atomic E-state index is 0.171. The van der Waals surface area contributed by atoms with Crippen molar-refractivity contribution >= 4 is 31.9 Å². The van der Waals surface area contributed by atoms with Crippen molar-refractivity contribution in [2.75, 3.05) is 6.54 Å². The molecule has 2 rings (SSSR count). The van der Waals surface area contributed by atoms with E-state index in [-0.39, 0.29) is 11.5 Å². The summed E-state index contributed by atoms with van der Waals surface area (Å²) in [6.07, 6.45) is 2.51. The van der Waals surface area contributed by atoms with Gasteiger partial charge in [0.05, 0.1) is 8.95 Å². The fourth-order valence-corrected chi connectivity index (χ4v) is 3.67. The second-order valence-electron chi connectivity index (χ2n) is 5.72. The topological polar surface area (TPSA) is 21.3 Å². The molecule has 19 heavy (non-hydrogen) atoms. The highest BCUT2D eigenvalue weighted by molar-refractivity contribution is 9.11. The molecule has 0 bridgehead atoms. The van der Waals surface area contributed by atoms with Crippen LogP contribution in [0.5, 0.6) is 5.75 Å². The first-order valence-corrected chi connectivity index (χ1v) is 8.39. The maximum absolute atomic E-state index is 6.20. The van der Waals surface area contributed by atoms with Crippen LogP contribution in [0, 0.1) is 5.41 Å². The minimum absolute atomic E-state index is 0.171. The van der Waals surface area contributed by atoms with E-state index < -0.39 is 0 Å². The van der Waals surface area contributed by atoms with Crippen LogP contribution in [0.3, 0.4) is 0 Å². The number of para-hydroxylation sites is 1. The number of nitrogens with one attached hydrogen (secondary N) is 1. The molecule has 0 spiro atoms. The van der Waals surface area contributed by atoms with Crippen LogP contribution in [0.25, 0.3) is 0 Å². The summed E-state index contributed by atoms with van der Waals surface area (Å²) < 4.78 is 8.21. The molecule has 2 unspecified atom stereocenters. The number of halogens is 2. The summed E-state index contributed by atoms with van der Waals surface area (Å²) in [5.41, 5.74) is 0.171. The summed E-state index contributed by atoms with van der Waals surface area (Å²) in [7, 11) is 0. The molecular weight excluding hydrogens is 370 g/mol. The van der Waals surface area contributed by atoms with Crippen LogP contribution in [-0.4, -0.2) is 18.7 Å². The van der Waals surface area contributed by atoms with Crippen molar-refractivity contribution in [2.24, 2.45) is 5.41 Å². The van der Waals surface area contributed by atoms with Gasteiger partial charge in [-0.15, -0.1) is 0 Å². The van der Waals surface area contributed by atoms with E-state index in [0.29, 0.717) is 6.04 Å². The second-order valence-corrected chi connectivity index (χ2v) is 7.43. The third-order valence-electron chi connectivity index (χ3n) is 4.00. The molecule has 1 aliphatic rings. The summed E-state index contributed by atoms with van der Waals surface area (Å²) in [6, 6.07) is 6.58. The van der Waals surface area contributed by atoms with Crippen molar-refractivity contribution in [2.45, 2.75) is 45.8 Å². The summed E-state index contributed by atoms with van der Waals surface area (Å²) >= 11 is 7.11. The monoisotopic (exact) mass is 389 g/mol. The Bertz CT molecular complexity index is 428. The standard InChI is InChI=1S/C15H21Br2NO/c1-4-8-18-12-9-13(15(12,2)3)19-14-10(16)6-5-7-11(14)17/h5-7,12-13,18H,4,8-9H2,1-3H3. The van der Waals surface area contributed by atoms with E-state index in [9.17, 15) is 0 Å². The quantitative estimate of drug-likeness (QED) is 0.782. The fraction of sp³-hybridized carbons (Fsp3) is 0.600. The number of hydrogen-bond acceptors (Lipinski definition) is 2. The van der Waals surface area contributed by atoms with Gasteiger partial charge < -0.3 is 10.1 Å². The number of benzene rings is 1. The fourth-order valence-electron chi connectivity index (χ4n) is 2.49. The molecule has 0 saturated heterocycles. The van der Waals surface area contributed by atoms with E-state index in [1.54, 1.807) is 0 Å². The zero-order valence-corrected chi connectivity index (χ0v) is 14.8. The van der Waals surface area contributed by atoms with Crippen LogP contribution in [-0.2, 0) is 0 Å². The molecule has 106 valence electrons. The third-order valence-corrected chi connectivity index (χ3v) is 5.25. The maximum atomic E-state index is 6.20. The first-order valence-electron chi connectivity index (χ1n) is 6.80. The number of rotatable bonds is 5. The summed E-state index contributed by atoms with van der Waals surface area (Å²) in [5, 5.41) is 3.60. The van der Waals surface area contributed by atoms with Crippen molar-refractivity contribution in [3.05, 3.63) is 27.1 Å². The highest BCUT2D eigenvalue weighted by Crippen LogP contribution is 2.45. The van der Waals surface area contributed by atoms with Crippen LogP contribution in [0.4, 0.5) is 0 Å². The third kappa shape index (κ3) is 3.17. The smallest absolute Gasteiger partial charge is 0.148 e. The zero-order valence-electron chi connectivity index (χ0n) is 11.7. The van der Waals surface area contributed by atoms with Gasteiger partial charge in [-0.3, -0.25) is 0 Å². The molecule has 2 nitrogen and oxygen atoms in total. The first kappa shape index (κ1) is 15.3. The molecular formula is C15H21Br2NO. The van der Waals surface area contributed by atoms with Crippen LogP contribution in [0.2, 0.25) is 0 Å². The van der Waals surface area contributed by atoms with Gasteiger partial charge in [-0.05, 0) is 57.0 Å². The molecule has 0 aliphatic heterocycles. The van der Waals surface area contributed by atoms with Gasteiger partial charge in [-0.25, -0.2) is 0 Å². The van der Waals surface area contributed by atoms with Gasteiger partial charge in [-0.1, -0.05) is 26.8 Å². The van der Waals surface area contributed by atoms with Crippen molar-refractivity contribution in [3.63, 3.8) is 0 Å². The maximum Gasteiger partial charge on any atom is 0.148 e. The van der Waals surface area contributed by atoms with E-state index >= 15 is 0 Å². The lowest BCUT2D eigenvalue weighted by Crippen LogP contribution is -2.62. The van der Waals surface area contributed by atoms with Crippen LogP contribution >= 0.6 is 31.9 Å². The van der Waals surface area contributed by atoms with Gasteiger partial charge in [0, 0.05) is 17.9 Å². The predicted octanol–water partition coefficient (Wildman–Crippen LogP) is 4.76. The Labute approximate surface area is 132 Å². The van der Waals surface area contributed by atoms with E-state index in [1.807, 2.05) is 18.2 Å². The lowest BCUT2D eigenvalue weighted by Gasteiger charge is -2.52. The Morgan fingerprint density at radius 3 is 2.47 bits per heavy atom. The Hall–Kier alpha value is -0.0600. The Kier molecular flexibility index (Phi) is 4.96. The molecule has 2 atom stereocenters. The van der Waals surface area contributed by atoms with E-state index in [2.05, 4.69) is 57.9 Å². The lowest BCUT2D eigenvalue weighted by molar-refractivity contribution is -0.0553. The van der Waals surface area contributed by atoms with Crippen LogP contribution in [0.1, 0.15) is 33.6 Å². The number of ether oxygens (including phenoxy) is 1. The van der Waals surface area contributed by atoms with Gasteiger partial charge in [0.1, 0.15) is 11.9 Å². The van der Waals surface area contributed by atoms with E-state index in [0.717, 1.165) is 27.7 Å². The van der Waals surface area contributed by atoms with Gasteiger partial charge in [0.15, 0.2) is 0 Å². The highest BCUT2D eigenvalue weighted by Gasteiger charge is 2.49. The van der Waals surface area contributed by atoms with Crippen molar-refractivity contribution in [1.29, 1.82) is 0 Å². The van der Waals surface area contributed by atoms with Crippen molar-refractivity contribution in [1.82, 2.24) is 5.32 Å². The zero-order chi connectivity index (χ0) is 14.0. The first-order chi connectivity index (χ1) is 8.96. The molecule has 0 amide bonds. The molecule has 1 aliphatic carbocycles. The summed E-state index contributed by atoms with van der Waals surface area (Å²) in [5.74, 6) is 0.912. The molecule has 0 radical (unpaired) electrons. The highest BCUT2D eigenvalue weighted by atomic mass is 79.9. The molecule has 0 aromatic heterocycles. The molecule has 1 fully saturated rings. The molecule has 4 heteroatoms. The Morgan fingerprint density at radius 2 is 1.95 bits per heavy atom. The molecule has 1 N–H and O–H groups in total. The molecule has 0 heterocycles. The van der Waals surface area contributed by atoms with E-state index in [4.69, 9.17) is 4.74 Å². The van der Waals surface area contributed by atoms with Crippen LogP contribution < -0.4 is 10.1 Å². The summed E-state index contributed by atoms with van der Waals surface area (Å²) in [4.78, 5) is 0. The van der Waals surface area contributed by atoms with Gasteiger partial charge in [-0.2, -0.15) is 0 Å². The average Bonchev–Trinajstić information content (AvgIpc) is 2.35. The molecule has 1 saturated carbocycles. The Balaban J connectivity index is 2.02. The lowest BCUT2D eigenvalue weighted by atomic mass is 9.64. The normalized spacial score (nSPS) is 24.9. The van der Waals surface area contributed by atoms with Gasteiger partial charge in [0.2, 0.25) is 0 Å². The van der Waals surface area contributed by atoms with E-state index in [1.165, 1.54) is 6.42 Å². The summed E-state index contributed by atoms with van der Waals surface area (Å²) in [6.45, 7) is 7.84. The predicted molar refractivity (Wildman–Crippen MR) is 86.7 cm³/mol. The van der Waals surface area contributed by atoms with Crippen LogP contribution in [0.15, 0.2) is 27.1 Å². The Morgan fingerprint density at radius 1 is 1.32 bits per heavy atom. The SMILES string of the molecule is CCCNC1CC(Oc2c(Br)cccc2Br)C1(C)C. The minimum Gasteiger partial charge on any atom is -0.487 e. The van der Waals surface area contributed by atoms with Gasteiger partial charge in [0.25, 0.3) is 0 Å². The second kappa shape index (κ2) is 6.15. The molecule has 1 aromatic rings. The largest absolute Gasteiger partial charge is 0.487 e.